The molecule has 3 rings (SSSR count). The minimum atomic E-state index is -0.285. The third kappa shape index (κ3) is 3.20. The molecule has 0 fully saturated rings. The van der Waals surface area contributed by atoms with Crippen molar-refractivity contribution in [2.75, 3.05) is 0 Å². The second kappa shape index (κ2) is 6.33. The summed E-state index contributed by atoms with van der Waals surface area (Å²) in [5.41, 5.74) is 1.65. The molecule has 3 aromatic rings. The minimum absolute atomic E-state index is 0.285. The van der Waals surface area contributed by atoms with Crippen LogP contribution in [0, 0.1) is 10.6 Å². The van der Waals surface area contributed by atoms with E-state index in [1.54, 1.807) is 18.3 Å². The average molecular weight is 377 g/mol. The van der Waals surface area contributed by atoms with E-state index in [-0.39, 0.29) is 5.82 Å². The molecule has 0 aliphatic carbocycles. The van der Waals surface area contributed by atoms with Crippen LogP contribution in [0.3, 0.4) is 0 Å². The Morgan fingerprint density at radius 2 is 1.82 bits per heavy atom. The minimum Gasteiger partial charge on any atom is -0.250 e. The highest BCUT2D eigenvalue weighted by Crippen LogP contribution is 2.20. The Balaban J connectivity index is 1.97. The number of aromatic amines is 1. The molecule has 110 valence electrons. The maximum Gasteiger partial charge on any atom is 0.216 e. The Morgan fingerprint density at radius 1 is 1.14 bits per heavy atom. The van der Waals surface area contributed by atoms with Crippen LogP contribution in [0.2, 0.25) is 0 Å². The predicted molar refractivity (Wildman–Crippen MR) is 89.9 cm³/mol. The third-order valence-electron chi connectivity index (χ3n) is 2.95. The first-order chi connectivity index (χ1) is 10.6. The topological polar surface area (TPSA) is 46.0 Å². The van der Waals surface area contributed by atoms with Gasteiger partial charge >= 0.3 is 0 Å². The van der Waals surface area contributed by atoms with Crippen molar-refractivity contribution in [1.82, 2.24) is 14.9 Å². The summed E-state index contributed by atoms with van der Waals surface area (Å²) in [4.78, 5) is 0. The van der Waals surface area contributed by atoms with Gasteiger partial charge in [-0.3, -0.25) is 0 Å². The molecule has 0 saturated heterocycles. The maximum absolute atomic E-state index is 12.9. The Kier molecular flexibility index (Phi) is 4.26. The highest BCUT2D eigenvalue weighted by Gasteiger charge is 2.07. The van der Waals surface area contributed by atoms with E-state index in [1.807, 2.05) is 24.3 Å². The fourth-order valence-corrected chi connectivity index (χ4v) is 2.30. The van der Waals surface area contributed by atoms with Crippen LogP contribution in [0.25, 0.3) is 11.4 Å². The standard InChI is InChI=1S/C15H10BrFN4S/c16-12-5-3-11(4-6-12)14-19-20-15(22)21(14)18-9-10-1-7-13(17)8-2-10/h1-9H,(H,20,22)/b18-9-. The number of halogens is 2. The van der Waals surface area contributed by atoms with E-state index in [4.69, 9.17) is 12.2 Å². The molecule has 22 heavy (non-hydrogen) atoms. The zero-order valence-electron chi connectivity index (χ0n) is 11.2. The molecule has 2 aromatic carbocycles. The van der Waals surface area contributed by atoms with Gasteiger partial charge in [-0.05, 0) is 42.0 Å². The van der Waals surface area contributed by atoms with Gasteiger partial charge in [0.2, 0.25) is 4.77 Å². The maximum atomic E-state index is 12.9. The zero-order valence-corrected chi connectivity index (χ0v) is 13.6. The molecule has 0 bridgehead atoms. The quantitative estimate of drug-likeness (QED) is 0.544. The molecular weight excluding hydrogens is 367 g/mol. The number of hydrogen-bond donors (Lipinski definition) is 1. The highest BCUT2D eigenvalue weighted by molar-refractivity contribution is 9.10. The lowest BCUT2D eigenvalue weighted by Crippen LogP contribution is -1.95. The van der Waals surface area contributed by atoms with E-state index in [2.05, 4.69) is 31.2 Å². The van der Waals surface area contributed by atoms with Crippen molar-refractivity contribution in [2.45, 2.75) is 0 Å². The second-order valence-corrected chi connectivity index (χ2v) is 5.77. The van der Waals surface area contributed by atoms with Gasteiger partial charge < -0.3 is 0 Å². The summed E-state index contributed by atoms with van der Waals surface area (Å²) in [5.74, 6) is 0.323. The van der Waals surface area contributed by atoms with Gasteiger partial charge in [-0.1, -0.05) is 40.2 Å². The SMILES string of the molecule is Fc1ccc(/C=N\n2c(-c3ccc(Br)cc3)n[nH]c2=S)cc1. The van der Waals surface area contributed by atoms with Crippen LogP contribution in [0.5, 0.6) is 0 Å². The second-order valence-electron chi connectivity index (χ2n) is 4.47. The number of aromatic nitrogens is 3. The van der Waals surface area contributed by atoms with Gasteiger partial charge in [-0.2, -0.15) is 14.9 Å². The number of nitrogens with one attached hydrogen (secondary N) is 1. The van der Waals surface area contributed by atoms with Crippen LogP contribution < -0.4 is 0 Å². The summed E-state index contributed by atoms with van der Waals surface area (Å²) in [6.07, 6.45) is 1.60. The molecule has 1 heterocycles. The molecule has 0 unspecified atom stereocenters. The number of hydrogen-bond acceptors (Lipinski definition) is 3. The summed E-state index contributed by atoms with van der Waals surface area (Å²) < 4.78 is 15.8. The molecule has 0 amide bonds. The summed E-state index contributed by atoms with van der Waals surface area (Å²) in [6, 6.07) is 13.7. The van der Waals surface area contributed by atoms with Crippen LogP contribution in [0.4, 0.5) is 4.39 Å². The van der Waals surface area contributed by atoms with Gasteiger partial charge in [0, 0.05) is 10.0 Å². The normalized spacial score (nSPS) is 11.2. The third-order valence-corrected chi connectivity index (χ3v) is 3.74. The Bertz CT molecular complexity index is 866. The first-order valence-electron chi connectivity index (χ1n) is 6.37. The number of nitrogens with zero attached hydrogens (tertiary/aromatic N) is 3. The fourth-order valence-electron chi connectivity index (χ4n) is 1.86. The Hall–Kier alpha value is -2.12. The number of H-pyrrole nitrogens is 1. The van der Waals surface area contributed by atoms with Crippen molar-refractivity contribution >= 4 is 34.4 Å². The lowest BCUT2D eigenvalue weighted by atomic mass is 10.2. The molecule has 4 nitrogen and oxygen atoms in total. The molecule has 0 atom stereocenters. The number of benzene rings is 2. The van der Waals surface area contributed by atoms with Crippen molar-refractivity contribution in [3.8, 4) is 11.4 Å². The van der Waals surface area contributed by atoms with E-state index < -0.39 is 0 Å². The molecule has 0 radical (unpaired) electrons. The van der Waals surface area contributed by atoms with Gasteiger partial charge in [-0.15, -0.1) is 0 Å². The largest absolute Gasteiger partial charge is 0.250 e. The summed E-state index contributed by atoms with van der Waals surface area (Å²) in [5, 5.41) is 11.2. The van der Waals surface area contributed by atoms with Crippen LogP contribution in [0.1, 0.15) is 5.56 Å². The van der Waals surface area contributed by atoms with E-state index in [0.717, 1.165) is 15.6 Å². The van der Waals surface area contributed by atoms with Gasteiger partial charge in [0.25, 0.3) is 0 Å². The molecule has 0 saturated carbocycles. The molecule has 0 spiro atoms. The van der Waals surface area contributed by atoms with Crippen LogP contribution >= 0.6 is 28.1 Å². The molecule has 0 aliphatic rings. The Labute approximate surface area is 139 Å². The fraction of sp³-hybridized carbons (Fsp3) is 0. The van der Waals surface area contributed by atoms with Crippen molar-refractivity contribution in [1.29, 1.82) is 0 Å². The predicted octanol–water partition coefficient (Wildman–Crippen LogP) is 4.39. The van der Waals surface area contributed by atoms with E-state index >= 15 is 0 Å². The molecule has 1 aromatic heterocycles. The van der Waals surface area contributed by atoms with Gasteiger partial charge in [-0.25, -0.2) is 9.49 Å². The lowest BCUT2D eigenvalue weighted by Gasteiger charge is -2.01. The molecular formula is C15H10BrFN4S. The van der Waals surface area contributed by atoms with Crippen molar-refractivity contribution in [2.24, 2.45) is 5.10 Å². The van der Waals surface area contributed by atoms with Crippen molar-refractivity contribution < 1.29 is 4.39 Å². The highest BCUT2D eigenvalue weighted by atomic mass is 79.9. The van der Waals surface area contributed by atoms with Crippen molar-refractivity contribution in [3.05, 3.63) is 69.2 Å². The van der Waals surface area contributed by atoms with Gasteiger partial charge in [0.05, 0.1) is 6.21 Å². The Morgan fingerprint density at radius 3 is 2.50 bits per heavy atom. The van der Waals surface area contributed by atoms with Crippen LogP contribution in [-0.4, -0.2) is 21.1 Å². The van der Waals surface area contributed by atoms with Gasteiger partial charge in [0.1, 0.15) is 5.82 Å². The first kappa shape index (κ1) is 14.8. The van der Waals surface area contributed by atoms with E-state index in [9.17, 15) is 4.39 Å². The zero-order chi connectivity index (χ0) is 15.5. The summed E-state index contributed by atoms with van der Waals surface area (Å²) in [7, 11) is 0. The summed E-state index contributed by atoms with van der Waals surface area (Å²) >= 11 is 8.59. The van der Waals surface area contributed by atoms with Crippen LogP contribution in [0.15, 0.2) is 58.1 Å². The number of rotatable bonds is 3. The monoisotopic (exact) mass is 376 g/mol. The van der Waals surface area contributed by atoms with Crippen LogP contribution in [-0.2, 0) is 0 Å². The average Bonchev–Trinajstić information content (AvgIpc) is 2.89. The van der Waals surface area contributed by atoms with E-state index in [1.165, 1.54) is 16.8 Å². The smallest absolute Gasteiger partial charge is 0.216 e. The van der Waals surface area contributed by atoms with Gasteiger partial charge in [0.15, 0.2) is 5.82 Å². The molecule has 1 N–H and O–H groups in total. The first-order valence-corrected chi connectivity index (χ1v) is 7.57. The lowest BCUT2D eigenvalue weighted by molar-refractivity contribution is 0.628. The molecule has 0 aliphatic heterocycles. The molecule has 7 heteroatoms. The van der Waals surface area contributed by atoms with Crippen molar-refractivity contribution in [3.63, 3.8) is 0 Å². The van der Waals surface area contributed by atoms with E-state index in [0.29, 0.717) is 10.6 Å². The summed E-state index contributed by atoms with van der Waals surface area (Å²) in [6.45, 7) is 0.